The molecule has 1 rings (SSSR count). The van der Waals surface area contributed by atoms with Crippen LogP contribution in [0.15, 0.2) is 0 Å². The fraction of sp³-hybridized carbons (Fsp3) is 0.929. The highest BCUT2D eigenvalue weighted by Crippen LogP contribution is 2.29. The largest absolute Gasteiger partial charge is 0.354 e. The Morgan fingerprint density at radius 2 is 1.89 bits per heavy atom. The monoisotopic (exact) mass is 255 g/mol. The maximum absolute atomic E-state index is 12.0. The van der Waals surface area contributed by atoms with Crippen LogP contribution >= 0.6 is 0 Å². The summed E-state index contributed by atoms with van der Waals surface area (Å²) in [6.07, 6.45) is 2.27. The molecule has 1 amide bonds. The van der Waals surface area contributed by atoms with Gasteiger partial charge in [0.2, 0.25) is 5.91 Å². The number of nitrogens with two attached hydrogens (primary N) is 1. The Kier molecular flexibility index (Phi) is 4.78. The van der Waals surface area contributed by atoms with Crippen LogP contribution in [0.4, 0.5) is 0 Å². The van der Waals surface area contributed by atoms with Crippen LogP contribution in [-0.4, -0.2) is 43.5 Å². The van der Waals surface area contributed by atoms with Crippen molar-refractivity contribution in [2.45, 2.75) is 46.6 Å². The van der Waals surface area contributed by atoms with Crippen molar-refractivity contribution in [2.75, 3.05) is 26.7 Å². The van der Waals surface area contributed by atoms with E-state index in [1.807, 2.05) is 20.8 Å². The molecule has 0 aromatic carbocycles. The average molecular weight is 255 g/mol. The molecule has 1 heterocycles. The molecule has 1 saturated heterocycles. The first-order chi connectivity index (χ1) is 8.14. The Balaban J connectivity index is 2.43. The fourth-order valence-electron chi connectivity index (χ4n) is 2.14. The first-order valence-corrected chi connectivity index (χ1v) is 6.86. The van der Waals surface area contributed by atoms with Crippen LogP contribution in [0.25, 0.3) is 0 Å². The molecular weight excluding hydrogens is 226 g/mol. The highest BCUT2D eigenvalue weighted by Gasteiger charge is 2.32. The number of carbonyl (C=O) groups excluding carboxylic acids is 1. The van der Waals surface area contributed by atoms with Crippen molar-refractivity contribution in [3.8, 4) is 0 Å². The number of nitrogens with one attached hydrogen (secondary N) is 1. The molecule has 4 nitrogen and oxygen atoms in total. The summed E-state index contributed by atoms with van der Waals surface area (Å²) >= 11 is 0. The molecule has 0 unspecified atom stereocenters. The van der Waals surface area contributed by atoms with Gasteiger partial charge in [-0.25, -0.2) is 0 Å². The number of likely N-dealkylation sites (tertiary alicyclic amines) is 1. The average Bonchev–Trinajstić information content (AvgIpc) is 2.28. The Hall–Kier alpha value is -0.610. The normalized spacial score (nSPS) is 22.6. The molecule has 0 radical (unpaired) electrons. The molecule has 0 saturated carbocycles. The van der Waals surface area contributed by atoms with E-state index in [9.17, 15) is 4.79 Å². The highest BCUT2D eigenvalue weighted by atomic mass is 16.2. The van der Waals surface area contributed by atoms with E-state index in [2.05, 4.69) is 24.2 Å². The summed E-state index contributed by atoms with van der Waals surface area (Å²) in [5, 5.41) is 3.03. The SMILES string of the molecule is CN1CCC(C)(CNC(=O)[C@@H](N)C(C)(C)C)CC1. The van der Waals surface area contributed by atoms with E-state index in [0.717, 1.165) is 32.5 Å². The fourth-order valence-corrected chi connectivity index (χ4v) is 2.14. The summed E-state index contributed by atoms with van der Waals surface area (Å²) in [6, 6.07) is -0.438. The van der Waals surface area contributed by atoms with Gasteiger partial charge in [-0.2, -0.15) is 0 Å². The number of amides is 1. The van der Waals surface area contributed by atoms with Crippen LogP contribution in [0.3, 0.4) is 0 Å². The van der Waals surface area contributed by atoms with E-state index in [1.54, 1.807) is 0 Å². The number of hydrogen-bond donors (Lipinski definition) is 2. The van der Waals surface area contributed by atoms with Gasteiger partial charge in [0, 0.05) is 6.54 Å². The predicted octanol–water partition coefficient (Wildman–Crippen LogP) is 1.21. The van der Waals surface area contributed by atoms with Crippen LogP contribution in [0, 0.1) is 10.8 Å². The molecule has 106 valence electrons. The maximum Gasteiger partial charge on any atom is 0.237 e. The van der Waals surface area contributed by atoms with Crippen LogP contribution in [0.1, 0.15) is 40.5 Å². The minimum absolute atomic E-state index is 0.0253. The highest BCUT2D eigenvalue weighted by molar-refractivity contribution is 5.82. The zero-order valence-corrected chi connectivity index (χ0v) is 12.5. The molecule has 1 fully saturated rings. The second-order valence-corrected chi connectivity index (χ2v) is 7.18. The second kappa shape index (κ2) is 5.57. The van der Waals surface area contributed by atoms with Crippen LogP contribution in [0.2, 0.25) is 0 Å². The zero-order chi connectivity index (χ0) is 14.0. The molecule has 1 aliphatic rings. The van der Waals surface area contributed by atoms with Crippen molar-refractivity contribution in [1.29, 1.82) is 0 Å². The standard InChI is InChI=1S/C14H29N3O/c1-13(2,3)11(15)12(18)16-10-14(4)6-8-17(5)9-7-14/h11H,6-10,15H2,1-5H3,(H,16,18)/t11-/m1/s1. The third-order valence-corrected chi connectivity index (χ3v) is 4.10. The second-order valence-electron chi connectivity index (χ2n) is 7.18. The van der Waals surface area contributed by atoms with Gasteiger partial charge in [0.15, 0.2) is 0 Å². The van der Waals surface area contributed by atoms with Crippen molar-refractivity contribution < 1.29 is 4.79 Å². The molecule has 1 aliphatic heterocycles. The molecule has 1 atom stereocenters. The smallest absolute Gasteiger partial charge is 0.237 e. The van der Waals surface area contributed by atoms with E-state index in [0.29, 0.717) is 0 Å². The molecule has 18 heavy (non-hydrogen) atoms. The molecule has 0 aromatic heterocycles. The summed E-state index contributed by atoms with van der Waals surface area (Å²) in [5.74, 6) is -0.0253. The van der Waals surface area contributed by atoms with Crippen molar-refractivity contribution in [2.24, 2.45) is 16.6 Å². The summed E-state index contributed by atoms with van der Waals surface area (Å²) < 4.78 is 0. The number of hydrogen-bond acceptors (Lipinski definition) is 3. The molecule has 3 N–H and O–H groups in total. The summed E-state index contributed by atoms with van der Waals surface area (Å²) in [7, 11) is 2.15. The topological polar surface area (TPSA) is 58.4 Å². The zero-order valence-electron chi connectivity index (χ0n) is 12.5. The molecular formula is C14H29N3O. The van der Waals surface area contributed by atoms with Crippen molar-refractivity contribution >= 4 is 5.91 Å². The van der Waals surface area contributed by atoms with Crippen LogP contribution in [-0.2, 0) is 4.79 Å². The Morgan fingerprint density at radius 3 is 2.33 bits per heavy atom. The molecule has 0 spiro atoms. The molecule has 0 bridgehead atoms. The van der Waals surface area contributed by atoms with Crippen LogP contribution < -0.4 is 11.1 Å². The number of piperidine rings is 1. The van der Waals surface area contributed by atoms with Gasteiger partial charge >= 0.3 is 0 Å². The lowest BCUT2D eigenvalue weighted by Crippen LogP contribution is -2.51. The van der Waals surface area contributed by atoms with Gasteiger partial charge in [-0.3, -0.25) is 4.79 Å². The van der Waals surface area contributed by atoms with E-state index < -0.39 is 6.04 Å². The van der Waals surface area contributed by atoms with Gasteiger partial charge in [0.25, 0.3) is 0 Å². The van der Waals surface area contributed by atoms with E-state index in [-0.39, 0.29) is 16.7 Å². The molecule has 0 aliphatic carbocycles. The lowest BCUT2D eigenvalue weighted by Gasteiger charge is -2.38. The Labute approximate surface area is 111 Å². The Morgan fingerprint density at radius 1 is 1.39 bits per heavy atom. The van der Waals surface area contributed by atoms with Crippen molar-refractivity contribution in [3.63, 3.8) is 0 Å². The quantitative estimate of drug-likeness (QED) is 0.797. The first-order valence-electron chi connectivity index (χ1n) is 6.86. The third kappa shape index (κ3) is 4.25. The van der Waals surface area contributed by atoms with E-state index >= 15 is 0 Å². The van der Waals surface area contributed by atoms with Gasteiger partial charge in [-0.1, -0.05) is 27.7 Å². The lowest BCUT2D eigenvalue weighted by atomic mass is 9.80. The van der Waals surface area contributed by atoms with Gasteiger partial charge in [0.1, 0.15) is 0 Å². The first kappa shape index (κ1) is 15.4. The van der Waals surface area contributed by atoms with E-state index in [1.165, 1.54) is 0 Å². The number of rotatable bonds is 3. The van der Waals surface area contributed by atoms with Gasteiger partial charge in [-0.05, 0) is 43.8 Å². The Bertz CT molecular complexity index is 288. The van der Waals surface area contributed by atoms with E-state index in [4.69, 9.17) is 5.73 Å². The third-order valence-electron chi connectivity index (χ3n) is 4.10. The summed E-state index contributed by atoms with van der Waals surface area (Å²) in [5.41, 5.74) is 5.99. The van der Waals surface area contributed by atoms with Gasteiger partial charge < -0.3 is 16.0 Å². The minimum atomic E-state index is -0.438. The molecule has 0 aromatic rings. The lowest BCUT2D eigenvalue weighted by molar-refractivity contribution is -0.125. The van der Waals surface area contributed by atoms with Crippen molar-refractivity contribution in [3.05, 3.63) is 0 Å². The maximum atomic E-state index is 12.0. The minimum Gasteiger partial charge on any atom is -0.354 e. The van der Waals surface area contributed by atoms with Crippen LogP contribution in [0.5, 0.6) is 0 Å². The van der Waals surface area contributed by atoms with Gasteiger partial charge in [0.05, 0.1) is 6.04 Å². The predicted molar refractivity (Wildman–Crippen MR) is 75.3 cm³/mol. The van der Waals surface area contributed by atoms with Crippen molar-refractivity contribution in [1.82, 2.24) is 10.2 Å². The number of nitrogens with zero attached hydrogens (tertiary/aromatic N) is 1. The summed E-state index contributed by atoms with van der Waals surface area (Å²) in [6.45, 7) is 11.2. The summed E-state index contributed by atoms with van der Waals surface area (Å²) in [4.78, 5) is 14.3. The number of carbonyl (C=O) groups is 1. The van der Waals surface area contributed by atoms with Gasteiger partial charge in [-0.15, -0.1) is 0 Å². The molecule has 4 heteroatoms.